The van der Waals surface area contributed by atoms with Crippen molar-refractivity contribution in [3.05, 3.63) is 4.91 Å². The van der Waals surface area contributed by atoms with Gasteiger partial charge in [0.15, 0.2) is 0 Å². The Balaban J connectivity index is 3.71. The molecule has 0 saturated carbocycles. The summed E-state index contributed by atoms with van der Waals surface area (Å²) in [5.41, 5.74) is -0.00508. The molecule has 0 aliphatic carbocycles. The number of nitrogens with zero attached hydrogens (tertiary/aromatic N) is 1. The number of carbonyl (C=O) groups excluding carboxylic acids is 1. The van der Waals surface area contributed by atoms with Crippen molar-refractivity contribution < 1.29 is 39.8 Å². The normalized spacial score (nSPS) is 14.4. The number of carbonyl (C=O) groups is 1. The molecule has 0 aromatic heterocycles. The van der Waals surface area contributed by atoms with E-state index in [2.05, 4.69) is 41.5 Å². The van der Waals surface area contributed by atoms with Crippen LogP contribution in [0.15, 0.2) is 0 Å². The van der Waals surface area contributed by atoms with Crippen LogP contribution in [-0.4, -0.2) is 87.0 Å². The first-order valence-corrected chi connectivity index (χ1v) is 17.3. The average Bonchev–Trinajstić information content (AvgIpc) is 2.74. The summed E-state index contributed by atoms with van der Waals surface area (Å²) >= 11 is 0.142. The molecule has 0 heterocycles. The molecule has 37 heavy (non-hydrogen) atoms. The van der Waals surface area contributed by atoms with Gasteiger partial charge < -0.3 is 18.8 Å². The quantitative estimate of drug-likeness (QED) is 0.0806. The van der Waals surface area contributed by atoms with Crippen LogP contribution in [0, 0.1) is 10.3 Å². The van der Waals surface area contributed by atoms with Crippen LogP contribution in [0.5, 0.6) is 0 Å². The number of hydrogen-bond donors (Lipinski definition) is 0. The van der Waals surface area contributed by atoms with Crippen molar-refractivity contribution in [3.63, 3.8) is 0 Å². The number of rotatable bonds is 21. The predicted molar refractivity (Wildman–Crippen MR) is 150 cm³/mol. The summed E-state index contributed by atoms with van der Waals surface area (Å²) in [5, 5.41) is 0. The Hall–Kier alpha value is -0.250. The first kappa shape index (κ1) is 36.8. The minimum atomic E-state index is -4.46. The summed E-state index contributed by atoms with van der Waals surface area (Å²) in [6.45, 7) is 14.0. The molecule has 0 saturated heterocycles. The van der Waals surface area contributed by atoms with Gasteiger partial charge in [0.1, 0.15) is 5.75 Å². The Kier molecular flexibility index (Phi) is 18.8. The lowest BCUT2D eigenvalue weighted by atomic mass is 9.89. The van der Waals surface area contributed by atoms with Gasteiger partial charge in [0.25, 0.3) is 11.3 Å². The lowest BCUT2D eigenvalue weighted by Crippen LogP contribution is -2.33. The molecular weight excluding hydrogens is 563 g/mol. The van der Waals surface area contributed by atoms with E-state index in [9.17, 15) is 26.9 Å². The maximum atomic E-state index is 11.7. The topological polar surface area (TPSA) is 139 Å². The maximum absolute atomic E-state index is 11.7. The lowest BCUT2D eigenvalue weighted by molar-refractivity contribution is -0.206. The number of thioether (sulfide) groups is 2. The molecule has 220 valence electrons. The van der Waals surface area contributed by atoms with Crippen LogP contribution in [0.4, 0.5) is 0 Å². The third-order valence-electron chi connectivity index (χ3n) is 4.43. The fourth-order valence-corrected chi connectivity index (χ4v) is 6.60. The van der Waals surface area contributed by atoms with E-state index in [1.54, 1.807) is 11.8 Å². The van der Waals surface area contributed by atoms with Gasteiger partial charge in [0, 0.05) is 18.8 Å². The van der Waals surface area contributed by atoms with E-state index in [0.717, 1.165) is 43.1 Å². The second kappa shape index (κ2) is 18.9. The molecule has 0 aliphatic heterocycles. The van der Waals surface area contributed by atoms with Crippen LogP contribution in [0.25, 0.3) is 0 Å². The van der Waals surface area contributed by atoms with Gasteiger partial charge >= 0.3 is 16.0 Å². The van der Waals surface area contributed by atoms with Crippen LogP contribution in [0.1, 0.15) is 73.6 Å². The molecule has 0 aromatic carbocycles. The highest BCUT2D eigenvalue weighted by Gasteiger charge is 2.31. The van der Waals surface area contributed by atoms with E-state index in [1.807, 2.05) is 11.8 Å². The van der Waals surface area contributed by atoms with E-state index < -0.39 is 36.6 Å². The molecule has 0 bridgehead atoms. The SMILES string of the molecule is CC(C)(C)CC(COCCCSCCCSCCC(=O)OCCCS(=O)(=O)[N+](=O)S(=O)[O-])OC(C)(C)C. The molecule has 0 fully saturated rings. The molecule has 0 spiro atoms. The minimum Gasteiger partial charge on any atom is -0.712 e. The lowest BCUT2D eigenvalue weighted by Gasteiger charge is -2.32. The molecule has 0 aromatic rings. The predicted octanol–water partition coefficient (Wildman–Crippen LogP) is 4.10. The maximum Gasteiger partial charge on any atom is 0.422 e. The smallest absolute Gasteiger partial charge is 0.422 e. The van der Waals surface area contributed by atoms with E-state index in [0.29, 0.717) is 12.4 Å². The Morgan fingerprint density at radius 1 is 0.973 bits per heavy atom. The Morgan fingerprint density at radius 2 is 1.57 bits per heavy atom. The number of hydrogen-bond acceptors (Lipinski definition) is 11. The van der Waals surface area contributed by atoms with E-state index in [1.165, 1.54) is 0 Å². The number of sulfonamides is 1. The number of nitroso groups, excluding NO2 is 1. The van der Waals surface area contributed by atoms with Crippen molar-refractivity contribution in [1.82, 2.24) is 0 Å². The average molecular weight is 608 g/mol. The highest BCUT2D eigenvalue weighted by Crippen LogP contribution is 2.25. The summed E-state index contributed by atoms with van der Waals surface area (Å²) in [5.74, 6) is 2.44. The van der Waals surface area contributed by atoms with E-state index in [-0.39, 0.29) is 36.6 Å². The van der Waals surface area contributed by atoms with Crippen LogP contribution in [-0.2, 0) is 40.3 Å². The summed E-state index contributed by atoms with van der Waals surface area (Å²) in [7, 11) is -4.46. The van der Waals surface area contributed by atoms with Gasteiger partial charge in [-0.15, -0.1) is 0 Å². The van der Waals surface area contributed by atoms with E-state index >= 15 is 0 Å². The Labute approximate surface area is 234 Å². The van der Waals surface area contributed by atoms with Gasteiger partial charge in [0.05, 0.1) is 36.2 Å². The molecule has 0 rings (SSSR count). The largest absolute Gasteiger partial charge is 0.712 e. The molecule has 0 radical (unpaired) electrons. The van der Waals surface area contributed by atoms with Crippen LogP contribution < -0.4 is 0 Å². The zero-order chi connectivity index (χ0) is 28.5. The van der Waals surface area contributed by atoms with Gasteiger partial charge in [0.2, 0.25) is 3.57 Å². The third-order valence-corrected chi connectivity index (χ3v) is 9.20. The van der Waals surface area contributed by atoms with Gasteiger partial charge in [-0.2, -0.15) is 36.2 Å². The van der Waals surface area contributed by atoms with Crippen molar-refractivity contribution >= 4 is 50.8 Å². The van der Waals surface area contributed by atoms with Gasteiger partial charge in [-0.1, -0.05) is 20.8 Å². The summed E-state index contributed by atoms with van der Waals surface area (Å²) in [6.07, 6.45) is 3.11. The monoisotopic (exact) mass is 607 g/mol. The molecule has 14 heteroatoms. The first-order valence-electron chi connectivity index (χ1n) is 12.4. The zero-order valence-corrected chi connectivity index (χ0v) is 26.3. The van der Waals surface area contributed by atoms with Gasteiger partial charge in [-0.3, -0.25) is 4.79 Å². The second-order valence-corrected chi connectivity index (χ2v) is 16.0. The Morgan fingerprint density at radius 3 is 2.14 bits per heavy atom. The van der Waals surface area contributed by atoms with Crippen molar-refractivity contribution in [2.24, 2.45) is 5.41 Å². The zero-order valence-electron chi connectivity index (χ0n) is 23.0. The minimum absolute atomic E-state index is 0.0885. The second-order valence-electron chi connectivity index (χ2n) is 10.7. The van der Waals surface area contributed by atoms with Crippen molar-refractivity contribution in [2.45, 2.75) is 85.4 Å². The fourth-order valence-electron chi connectivity index (χ4n) is 3.08. The highest BCUT2D eigenvalue weighted by atomic mass is 32.3. The number of ether oxygens (including phenoxy) is 3. The molecule has 2 unspecified atom stereocenters. The van der Waals surface area contributed by atoms with Crippen molar-refractivity contribution in [2.75, 3.05) is 48.6 Å². The molecule has 0 amide bonds. The first-order chi connectivity index (χ1) is 17.0. The summed E-state index contributed by atoms with van der Waals surface area (Å²) in [6, 6.07) is 0. The van der Waals surface area contributed by atoms with Gasteiger partial charge in [-0.25, -0.2) is 0 Å². The van der Waals surface area contributed by atoms with Crippen LogP contribution in [0.2, 0.25) is 0 Å². The molecule has 10 nitrogen and oxygen atoms in total. The summed E-state index contributed by atoms with van der Waals surface area (Å²) in [4.78, 5) is 22.6. The van der Waals surface area contributed by atoms with Crippen LogP contribution >= 0.6 is 23.5 Å². The Bertz CT molecular complexity index is 777. The van der Waals surface area contributed by atoms with Gasteiger partial charge in [-0.05, 0) is 62.7 Å². The summed E-state index contributed by atoms with van der Waals surface area (Å²) < 4.78 is 59.5. The van der Waals surface area contributed by atoms with Crippen LogP contribution in [0.3, 0.4) is 0 Å². The van der Waals surface area contributed by atoms with E-state index in [4.69, 9.17) is 14.2 Å². The van der Waals surface area contributed by atoms with Crippen molar-refractivity contribution in [3.8, 4) is 0 Å². The number of esters is 1. The highest BCUT2D eigenvalue weighted by molar-refractivity contribution is 8.00. The molecule has 0 N–H and O–H groups in total. The third kappa shape index (κ3) is 22.3. The molecular formula is C23H45NO9S4. The standard InChI is InChI=1S/C23H45NO9S4/c1-22(2,3)18-20(33-23(4,5)6)19-31-11-7-13-34-14-9-15-35-16-10-21(25)32-12-8-17-37(29,30)24(26)36(27)28/h20H,7-19H2,1-6H3. The van der Waals surface area contributed by atoms with Crippen molar-refractivity contribution in [1.29, 1.82) is 0 Å². The molecule has 2 atom stereocenters. The molecule has 0 aliphatic rings. The fraction of sp³-hybridized carbons (Fsp3) is 0.957.